The van der Waals surface area contributed by atoms with Crippen LogP contribution in [0, 0.1) is 6.92 Å². The Morgan fingerprint density at radius 3 is 2.64 bits per heavy atom. The van der Waals surface area contributed by atoms with Crippen LogP contribution in [0.25, 0.3) is 11.0 Å². The highest BCUT2D eigenvalue weighted by Gasteiger charge is 2.15. The van der Waals surface area contributed by atoms with Gasteiger partial charge in [-0.1, -0.05) is 37.5 Å². The first-order valence-electron chi connectivity index (χ1n) is 9.96. The van der Waals surface area contributed by atoms with E-state index in [2.05, 4.69) is 33.9 Å². The molecule has 1 fully saturated rings. The number of para-hydroxylation sites is 1. The number of carbonyl (C=O) groups excluding carboxylic acids is 1. The van der Waals surface area contributed by atoms with Gasteiger partial charge in [-0.2, -0.15) is 0 Å². The van der Waals surface area contributed by atoms with E-state index in [1.807, 2.05) is 25.1 Å². The number of furan rings is 1. The summed E-state index contributed by atoms with van der Waals surface area (Å²) >= 11 is 0. The molecule has 154 valence electrons. The second kappa shape index (κ2) is 11.3. The number of guanidine groups is 1. The Morgan fingerprint density at radius 2 is 1.93 bits per heavy atom. The average Bonchev–Trinajstić information content (AvgIpc) is 3.01. The van der Waals surface area contributed by atoms with Crippen molar-refractivity contribution in [2.45, 2.75) is 58.5 Å². The third-order valence-corrected chi connectivity index (χ3v) is 5.05. The van der Waals surface area contributed by atoms with Gasteiger partial charge in [0.15, 0.2) is 5.96 Å². The van der Waals surface area contributed by atoms with Gasteiger partial charge in [0.1, 0.15) is 17.9 Å². The van der Waals surface area contributed by atoms with Gasteiger partial charge in [0.05, 0.1) is 6.54 Å². The lowest BCUT2D eigenvalue weighted by molar-refractivity contribution is -0.120. The van der Waals surface area contributed by atoms with Crippen LogP contribution >= 0.6 is 24.0 Å². The molecule has 7 heteroatoms. The fourth-order valence-corrected chi connectivity index (χ4v) is 3.57. The van der Waals surface area contributed by atoms with Crippen LogP contribution < -0.4 is 16.0 Å². The van der Waals surface area contributed by atoms with Crippen LogP contribution in [0.2, 0.25) is 0 Å². The standard InChI is InChI=1S/C21H30N4O2.HI/c1-3-22-21(24-14-20(26)25-16-9-5-4-6-10-16)23-13-19-15(2)17-11-7-8-12-18(17)27-19;/h7-8,11-12,16H,3-6,9-10,13-14H2,1-2H3,(H,25,26)(H2,22,23,24);1H. The minimum Gasteiger partial charge on any atom is -0.459 e. The Labute approximate surface area is 183 Å². The molecule has 1 aliphatic carbocycles. The number of carbonyl (C=O) groups is 1. The zero-order valence-corrected chi connectivity index (χ0v) is 19.0. The molecular formula is C21H31IN4O2. The molecule has 1 heterocycles. The van der Waals surface area contributed by atoms with Crippen molar-refractivity contribution in [3.8, 4) is 0 Å². The normalized spacial score (nSPS) is 15.1. The first kappa shape index (κ1) is 22.5. The Kier molecular flexibility index (Phi) is 9.08. The van der Waals surface area contributed by atoms with Crippen LogP contribution in [0.15, 0.2) is 33.7 Å². The van der Waals surface area contributed by atoms with Crippen molar-refractivity contribution >= 4 is 46.8 Å². The van der Waals surface area contributed by atoms with E-state index >= 15 is 0 Å². The highest BCUT2D eigenvalue weighted by atomic mass is 127. The van der Waals surface area contributed by atoms with Gasteiger partial charge >= 0.3 is 0 Å². The number of aryl methyl sites for hydroxylation is 1. The molecule has 3 N–H and O–H groups in total. The van der Waals surface area contributed by atoms with E-state index in [1.54, 1.807) is 0 Å². The molecule has 1 aliphatic rings. The maximum atomic E-state index is 12.2. The smallest absolute Gasteiger partial charge is 0.242 e. The number of nitrogens with one attached hydrogen (secondary N) is 3. The van der Waals surface area contributed by atoms with Gasteiger partial charge < -0.3 is 20.4 Å². The predicted octanol–water partition coefficient (Wildman–Crippen LogP) is 3.86. The first-order valence-corrected chi connectivity index (χ1v) is 9.96. The molecule has 28 heavy (non-hydrogen) atoms. The summed E-state index contributed by atoms with van der Waals surface area (Å²) in [4.78, 5) is 16.6. The van der Waals surface area contributed by atoms with E-state index in [9.17, 15) is 4.79 Å². The molecule has 2 aromatic rings. The first-order chi connectivity index (χ1) is 13.2. The Bertz CT molecular complexity index is 797. The fourth-order valence-electron chi connectivity index (χ4n) is 3.57. The van der Waals surface area contributed by atoms with Gasteiger partial charge in [-0.3, -0.25) is 4.79 Å². The predicted molar refractivity (Wildman–Crippen MR) is 124 cm³/mol. The van der Waals surface area contributed by atoms with Crippen LogP contribution in [0.1, 0.15) is 50.4 Å². The van der Waals surface area contributed by atoms with Crippen LogP contribution in [-0.2, 0) is 11.3 Å². The third-order valence-electron chi connectivity index (χ3n) is 5.05. The molecule has 1 aromatic heterocycles. The molecule has 1 amide bonds. The van der Waals surface area contributed by atoms with E-state index in [1.165, 1.54) is 19.3 Å². The molecule has 1 saturated carbocycles. The lowest BCUT2D eigenvalue weighted by Gasteiger charge is -2.22. The number of halogens is 1. The summed E-state index contributed by atoms with van der Waals surface area (Å²) in [6.07, 6.45) is 5.85. The molecule has 6 nitrogen and oxygen atoms in total. The summed E-state index contributed by atoms with van der Waals surface area (Å²) in [7, 11) is 0. The molecule has 0 unspecified atom stereocenters. The van der Waals surface area contributed by atoms with Crippen LogP contribution in [0.4, 0.5) is 0 Å². The zero-order valence-electron chi connectivity index (χ0n) is 16.7. The number of fused-ring (bicyclic) bond motifs is 1. The topological polar surface area (TPSA) is 78.7 Å². The number of rotatable bonds is 6. The van der Waals surface area contributed by atoms with E-state index in [-0.39, 0.29) is 36.4 Å². The van der Waals surface area contributed by atoms with Crippen LogP contribution in [-0.4, -0.2) is 31.0 Å². The zero-order chi connectivity index (χ0) is 19.1. The number of benzene rings is 1. The Hall–Kier alpha value is -1.77. The minimum absolute atomic E-state index is 0. The van der Waals surface area contributed by atoms with Gasteiger partial charge in [0.2, 0.25) is 5.91 Å². The van der Waals surface area contributed by atoms with Gasteiger partial charge in [-0.15, -0.1) is 24.0 Å². The van der Waals surface area contributed by atoms with E-state index in [4.69, 9.17) is 4.42 Å². The van der Waals surface area contributed by atoms with Gasteiger partial charge in [-0.25, -0.2) is 4.99 Å². The Balaban J connectivity index is 0.00000280. The van der Waals surface area contributed by atoms with E-state index < -0.39 is 0 Å². The number of aliphatic imine (C=N–C) groups is 1. The highest BCUT2D eigenvalue weighted by Crippen LogP contribution is 2.24. The van der Waals surface area contributed by atoms with Crippen molar-refractivity contribution in [3.05, 3.63) is 35.6 Å². The van der Waals surface area contributed by atoms with Crippen molar-refractivity contribution in [2.24, 2.45) is 4.99 Å². The average molecular weight is 498 g/mol. The maximum Gasteiger partial charge on any atom is 0.242 e. The summed E-state index contributed by atoms with van der Waals surface area (Å²) in [6.45, 7) is 5.45. The van der Waals surface area contributed by atoms with Crippen molar-refractivity contribution < 1.29 is 9.21 Å². The van der Waals surface area contributed by atoms with Gasteiger partial charge in [0, 0.05) is 23.5 Å². The van der Waals surface area contributed by atoms with E-state index in [0.717, 1.165) is 41.7 Å². The monoisotopic (exact) mass is 498 g/mol. The molecule has 0 atom stereocenters. The second-order valence-electron chi connectivity index (χ2n) is 7.10. The molecule has 0 bridgehead atoms. The number of nitrogens with zero attached hydrogens (tertiary/aromatic N) is 1. The Morgan fingerprint density at radius 1 is 1.18 bits per heavy atom. The van der Waals surface area contributed by atoms with Crippen molar-refractivity contribution in [2.75, 3.05) is 13.1 Å². The summed E-state index contributed by atoms with van der Waals surface area (Å²) in [5.41, 5.74) is 2.02. The lowest BCUT2D eigenvalue weighted by Crippen LogP contribution is -2.40. The summed E-state index contributed by atoms with van der Waals surface area (Å²) in [5.74, 6) is 1.49. The van der Waals surface area contributed by atoms with Crippen molar-refractivity contribution in [3.63, 3.8) is 0 Å². The summed E-state index contributed by atoms with van der Waals surface area (Å²) in [6, 6.07) is 8.33. The van der Waals surface area contributed by atoms with Crippen molar-refractivity contribution in [1.29, 1.82) is 0 Å². The maximum absolute atomic E-state index is 12.2. The molecule has 3 rings (SSSR count). The lowest BCUT2D eigenvalue weighted by atomic mass is 9.95. The number of amides is 1. The van der Waals surface area contributed by atoms with Gasteiger partial charge in [0.25, 0.3) is 0 Å². The molecule has 0 spiro atoms. The molecule has 0 radical (unpaired) electrons. The van der Waals surface area contributed by atoms with Gasteiger partial charge in [-0.05, 0) is 32.8 Å². The molecular weight excluding hydrogens is 467 g/mol. The second-order valence-corrected chi connectivity index (χ2v) is 7.10. The van der Waals surface area contributed by atoms with Crippen LogP contribution in [0.5, 0.6) is 0 Å². The largest absolute Gasteiger partial charge is 0.459 e. The fraction of sp³-hybridized carbons (Fsp3) is 0.524. The van der Waals surface area contributed by atoms with E-state index in [0.29, 0.717) is 18.5 Å². The van der Waals surface area contributed by atoms with Crippen LogP contribution in [0.3, 0.4) is 0 Å². The van der Waals surface area contributed by atoms with Crippen molar-refractivity contribution in [1.82, 2.24) is 16.0 Å². The molecule has 0 aliphatic heterocycles. The SMILES string of the molecule is CCNC(=NCC(=O)NC1CCCCC1)NCc1oc2ccccc2c1C.I. The molecule has 1 aromatic carbocycles. The highest BCUT2D eigenvalue weighted by molar-refractivity contribution is 14.0. The number of hydrogen-bond donors (Lipinski definition) is 3. The third kappa shape index (κ3) is 6.12. The molecule has 0 saturated heterocycles. The summed E-state index contributed by atoms with van der Waals surface area (Å²) in [5, 5.41) is 10.7. The number of hydrogen-bond acceptors (Lipinski definition) is 3. The summed E-state index contributed by atoms with van der Waals surface area (Å²) < 4.78 is 5.93. The quantitative estimate of drug-likeness (QED) is 0.321. The minimum atomic E-state index is -0.0148.